The first-order valence-corrected chi connectivity index (χ1v) is 9.35. The van der Waals surface area contributed by atoms with E-state index in [1.54, 1.807) is 20.0 Å². The molecule has 1 aliphatic heterocycles. The molecule has 150 valence electrons. The number of aryl methyl sites for hydroxylation is 1. The molecule has 1 fully saturated rings. The Bertz CT molecular complexity index is 869. The third kappa shape index (κ3) is 4.01. The van der Waals surface area contributed by atoms with Crippen LogP contribution in [0.4, 0.5) is 5.82 Å². The molecule has 28 heavy (non-hydrogen) atoms. The van der Waals surface area contributed by atoms with E-state index in [0.29, 0.717) is 29.1 Å². The maximum absolute atomic E-state index is 12.7. The SMILES string of the molecule is COC(=O)c1c(C)[nH]c(C(=O)NCc2cccnc2N2CCN(C)CC2)c1C. The van der Waals surface area contributed by atoms with E-state index in [1.165, 1.54) is 7.11 Å². The van der Waals surface area contributed by atoms with Crippen LogP contribution in [-0.4, -0.2) is 67.1 Å². The summed E-state index contributed by atoms with van der Waals surface area (Å²) in [5.41, 5.74) is 2.96. The van der Waals surface area contributed by atoms with Gasteiger partial charge in [-0.05, 0) is 32.5 Å². The molecular weight excluding hydrogens is 358 g/mol. The number of piperazine rings is 1. The fraction of sp³-hybridized carbons (Fsp3) is 0.450. The Kier molecular flexibility index (Phi) is 5.99. The summed E-state index contributed by atoms with van der Waals surface area (Å²) in [5.74, 6) is 0.199. The maximum Gasteiger partial charge on any atom is 0.339 e. The molecule has 0 bridgehead atoms. The Morgan fingerprint density at radius 3 is 2.64 bits per heavy atom. The average Bonchev–Trinajstić information content (AvgIpc) is 3.00. The molecule has 1 amide bonds. The van der Waals surface area contributed by atoms with Crippen LogP contribution < -0.4 is 10.2 Å². The monoisotopic (exact) mass is 385 g/mol. The first kappa shape index (κ1) is 19.9. The molecule has 0 spiro atoms. The van der Waals surface area contributed by atoms with Gasteiger partial charge in [-0.15, -0.1) is 0 Å². The van der Waals surface area contributed by atoms with Crippen molar-refractivity contribution in [2.45, 2.75) is 20.4 Å². The number of nitrogens with zero attached hydrogens (tertiary/aromatic N) is 3. The van der Waals surface area contributed by atoms with E-state index >= 15 is 0 Å². The summed E-state index contributed by atoms with van der Waals surface area (Å²) >= 11 is 0. The number of hydrogen-bond donors (Lipinski definition) is 2. The molecule has 1 saturated heterocycles. The number of anilines is 1. The summed E-state index contributed by atoms with van der Waals surface area (Å²) in [6.45, 7) is 7.64. The normalized spacial score (nSPS) is 14.8. The Hall–Kier alpha value is -2.87. The van der Waals surface area contributed by atoms with Gasteiger partial charge in [0.25, 0.3) is 5.91 Å². The van der Waals surface area contributed by atoms with Crippen LogP contribution in [0.5, 0.6) is 0 Å². The number of aromatic nitrogens is 2. The molecule has 3 rings (SSSR count). The van der Waals surface area contributed by atoms with Gasteiger partial charge in [-0.3, -0.25) is 4.79 Å². The van der Waals surface area contributed by atoms with E-state index in [2.05, 4.69) is 32.1 Å². The number of carbonyl (C=O) groups excluding carboxylic acids is 2. The van der Waals surface area contributed by atoms with E-state index in [4.69, 9.17) is 4.74 Å². The van der Waals surface area contributed by atoms with Crippen molar-refractivity contribution in [2.75, 3.05) is 45.2 Å². The highest BCUT2D eigenvalue weighted by atomic mass is 16.5. The highest BCUT2D eigenvalue weighted by Gasteiger charge is 2.23. The zero-order valence-corrected chi connectivity index (χ0v) is 16.8. The third-order valence-corrected chi connectivity index (χ3v) is 5.16. The average molecular weight is 385 g/mol. The minimum atomic E-state index is -0.449. The van der Waals surface area contributed by atoms with E-state index in [9.17, 15) is 9.59 Å². The van der Waals surface area contributed by atoms with Gasteiger partial charge in [0.1, 0.15) is 11.5 Å². The van der Waals surface area contributed by atoms with Gasteiger partial charge < -0.3 is 24.8 Å². The van der Waals surface area contributed by atoms with Crippen molar-refractivity contribution in [3.8, 4) is 0 Å². The molecule has 0 unspecified atom stereocenters. The van der Waals surface area contributed by atoms with Crippen molar-refractivity contribution in [2.24, 2.45) is 0 Å². The highest BCUT2D eigenvalue weighted by molar-refractivity contribution is 6.00. The molecule has 0 aromatic carbocycles. The maximum atomic E-state index is 12.7. The number of ether oxygens (including phenoxy) is 1. The van der Waals surface area contributed by atoms with Crippen molar-refractivity contribution >= 4 is 17.7 Å². The van der Waals surface area contributed by atoms with Gasteiger partial charge in [0.2, 0.25) is 0 Å². The molecule has 2 aromatic rings. The lowest BCUT2D eigenvalue weighted by molar-refractivity contribution is 0.0599. The molecule has 3 heterocycles. The number of H-pyrrole nitrogens is 1. The second kappa shape index (κ2) is 8.43. The Morgan fingerprint density at radius 2 is 1.96 bits per heavy atom. The zero-order chi connectivity index (χ0) is 20.3. The van der Waals surface area contributed by atoms with Crippen LogP contribution in [0.25, 0.3) is 0 Å². The molecule has 0 saturated carbocycles. The van der Waals surface area contributed by atoms with Crippen molar-refractivity contribution in [1.29, 1.82) is 0 Å². The van der Waals surface area contributed by atoms with E-state index < -0.39 is 5.97 Å². The van der Waals surface area contributed by atoms with E-state index in [1.807, 2.05) is 12.1 Å². The quantitative estimate of drug-likeness (QED) is 0.758. The predicted molar refractivity (Wildman–Crippen MR) is 107 cm³/mol. The summed E-state index contributed by atoms with van der Waals surface area (Å²) in [4.78, 5) is 36.7. The third-order valence-electron chi connectivity index (χ3n) is 5.16. The summed E-state index contributed by atoms with van der Waals surface area (Å²) in [6.07, 6.45) is 1.78. The molecule has 2 aromatic heterocycles. The van der Waals surface area contributed by atoms with Gasteiger partial charge in [-0.1, -0.05) is 6.07 Å². The summed E-state index contributed by atoms with van der Waals surface area (Å²) < 4.78 is 4.80. The molecule has 1 aliphatic rings. The molecule has 8 nitrogen and oxygen atoms in total. The standard InChI is InChI=1S/C20H27N5O3/c1-13-16(20(27)28-4)14(2)23-17(13)19(26)22-12-15-6-5-7-21-18(15)25-10-8-24(3)9-11-25/h5-7,23H,8-12H2,1-4H3,(H,22,26). The van der Waals surface area contributed by atoms with Gasteiger partial charge in [-0.25, -0.2) is 9.78 Å². The van der Waals surface area contributed by atoms with Crippen LogP contribution in [0.15, 0.2) is 18.3 Å². The lowest BCUT2D eigenvalue weighted by Crippen LogP contribution is -2.45. The number of nitrogens with one attached hydrogen (secondary N) is 2. The fourth-order valence-electron chi connectivity index (χ4n) is 3.52. The first-order chi connectivity index (χ1) is 13.4. The van der Waals surface area contributed by atoms with Crippen LogP contribution in [0.1, 0.15) is 37.7 Å². The van der Waals surface area contributed by atoms with Crippen molar-refractivity contribution in [3.05, 3.63) is 46.4 Å². The molecule has 0 atom stereocenters. The number of amides is 1. The molecule has 0 radical (unpaired) electrons. The molecule has 0 aliphatic carbocycles. The van der Waals surface area contributed by atoms with Crippen LogP contribution in [0.2, 0.25) is 0 Å². The van der Waals surface area contributed by atoms with E-state index in [-0.39, 0.29) is 5.91 Å². The van der Waals surface area contributed by atoms with Crippen LogP contribution in [0.3, 0.4) is 0 Å². The number of hydrogen-bond acceptors (Lipinski definition) is 6. The van der Waals surface area contributed by atoms with Gasteiger partial charge >= 0.3 is 5.97 Å². The van der Waals surface area contributed by atoms with E-state index in [0.717, 1.165) is 37.6 Å². The summed E-state index contributed by atoms with van der Waals surface area (Å²) in [5, 5.41) is 2.94. The Labute approximate surface area is 164 Å². The van der Waals surface area contributed by atoms with Gasteiger partial charge in [0.15, 0.2) is 0 Å². The first-order valence-electron chi connectivity index (χ1n) is 9.35. The fourth-order valence-corrected chi connectivity index (χ4v) is 3.52. The Morgan fingerprint density at radius 1 is 1.25 bits per heavy atom. The molecular formula is C20H27N5O3. The van der Waals surface area contributed by atoms with Crippen molar-refractivity contribution < 1.29 is 14.3 Å². The molecule has 8 heteroatoms. The second-order valence-corrected chi connectivity index (χ2v) is 7.08. The minimum Gasteiger partial charge on any atom is -0.465 e. The van der Waals surface area contributed by atoms with Crippen molar-refractivity contribution in [3.63, 3.8) is 0 Å². The van der Waals surface area contributed by atoms with Crippen molar-refractivity contribution in [1.82, 2.24) is 20.2 Å². The van der Waals surface area contributed by atoms with Gasteiger partial charge in [-0.2, -0.15) is 0 Å². The number of methoxy groups -OCH3 is 1. The second-order valence-electron chi connectivity index (χ2n) is 7.08. The number of pyridine rings is 1. The number of carbonyl (C=O) groups is 2. The number of likely N-dealkylation sites (N-methyl/N-ethyl adjacent to an activating group) is 1. The highest BCUT2D eigenvalue weighted by Crippen LogP contribution is 2.21. The van der Waals surface area contributed by atoms with Gasteiger partial charge in [0.05, 0.1) is 12.7 Å². The predicted octanol–water partition coefficient (Wildman–Crippen LogP) is 1.49. The lowest BCUT2D eigenvalue weighted by atomic mass is 10.1. The number of esters is 1. The minimum absolute atomic E-state index is 0.260. The molecule has 2 N–H and O–H groups in total. The Balaban J connectivity index is 1.73. The summed E-state index contributed by atoms with van der Waals surface area (Å²) in [6, 6.07) is 3.86. The lowest BCUT2D eigenvalue weighted by Gasteiger charge is -2.34. The number of rotatable bonds is 5. The van der Waals surface area contributed by atoms with Crippen LogP contribution in [0, 0.1) is 13.8 Å². The van der Waals surface area contributed by atoms with Gasteiger partial charge in [0, 0.05) is 50.2 Å². The number of aromatic amines is 1. The summed E-state index contributed by atoms with van der Waals surface area (Å²) in [7, 11) is 3.44. The smallest absolute Gasteiger partial charge is 0.339 e. The van der Waals surface area contributed by atoms with Crippen LogP contribution in [-0.2, 0) is 11.3 Å². The van der Waals surface area contributed by atoms with Crippen LogP contribution >= 0.6 is 0 Å². The largest absolute Gasteiger partial charge is 0.465 e. The topological polar surface area (TPSA) is 90.6 Å². The zero-order valence-electron chi connectivity index (χ0n) is 16.8.